The minimum atomic E-state index is -0.952. The zero-order valence-corrected chi connectivity index (χ0v) is 8.81. The van der Waals surface area contributed by atoms with Crippen molar-refractivity contribution in [3.05, 3.63) is 17.4 Å². The van der Waals surface area contributed by atoms with E-state index >= 15 is 0 Å². The fourth-order valence-electron chi connectivity index (χ4n) is 1.36. The van der Waals surface area contributed by atoms with Crippen molar-refractivity contribution in [2.45, 2.75) is 6.42 Å². The summed E-state index contributed by atoms with van der Waals surface area (Å²) < 4.78 is 0. The Kier molecular flexibility index (Phi) is 2.74. The summed E-state index contributed by atoms with van der Waals surface area (Å²) in [5.41, 5.74) is 0. The first-order valence-electron chi connectivity index (χ1n) is 4.60. The van der Waals surface area contributed by atoms with Crippen LogP contribution in [-0.4, -0.2) is 27.0 Å². The first-order chi connectivity index (χ1) is 7.58. The van der Waals surface area contributed by atoms with Crippen LogP contribution in [0, 0.1) is 11.8 Å². The molecule has 84 valence electrons. The van der Waals surface area contributed by atoms with E-state index in [2.05, 4.69) is 15.3 Å². The van der Waals surface area contributed by atoms with E-state index in [9.17, 15) is 9.59 Å². The lowest BCUT2D eigenvalue weighted by atomic mass is 10.3. The lowest BCUT2D eigenvalue weighted by Gasteiger charge is -2.01. The van der Waals surface area contributed by atoms with Crippen molar-refractivity contribution in [2.75, 3.05) is 5.32 Å². The molecule has 1 saturated carbocycles. The van der Waals surface area contributed by atoms with Crippen molar-refractivity contribution < 1.29 is 14.7 Å². The third-order valence-electron chi connectivity index (χ3n) is 2.30. The molecule has 1 heterocycles. The standard InChI is InChI=1S/C9H8ClN3O3/c10-6-1-2-11-9(12-6)13-7(14)4-3-5(4)8(15)16/h1-2,4-5H,3H2,(H,15,16)(H,11,12,13,14)/t4-,5+/m1/s1. The number of carboxylic acids is 1. The molecule has 2 N–H and O–H groups in total. The van der Waals surface area contributed by atoms with Crippen LogP contribution >= 0.6 is 11.6 Å². The van der Waals surface area contributed by atoms with Crippen LogP contribution in [0.25, 0.3) is 0 Å². The summed E-state index contributed by atoms with van der Waals surface area (Å²) in [4.78, 5) is 29.6. The van der Waals surface area contributed by atoms with Gasteiger partial charge in [0.1, 0.15) is 5.15 Å². The molecule has 0 radical (unpaired) electrons. The van der Waals surface area contributed by atoms with Gasteiger partial charge in [0.25, 0.3) is 0 Å². The van der Waals surface area contributed by atoms with Crippen molar-refractivity contribution in [2.24, 2.45) is 11.8 Å². The molecule has 0 saturated heterocycles. The first kappa shape index (κ1) is 10.8. The van der Waals surface area contributed by atoms with Crippen LogP contribution in [0.4, 0.5) is 5.95 Å². The Bertz CT molecular complexity index is 451. The predicted molar refractivity (Wildman–Crippen MR) is 54.9 cm³/mol. The van der Waals surface area contributed by atoms with Gasteiger partial charge in [0.2, 0.25) is 11.9 Å². The number of rotatable bonds is 3. The smallest absolute Gasteiger partial charge is 0.307 e. The van der Waals surface area contributed by atoms with Gasteiger partial charge in [-0.15, -0.1) is 0 Å². The number of halogens is 1. The molecule has 1 aliphatic rings. The van der Waals surface area contributed by atoms with Gasteiger partial charge < -0.3 is 5.11 Å². The number of nitrogens with zero attached hydrogens (tertiary/aromatic N) is 2. The fraction of sp³-hybridized carbons (Fsp3) is 0.333. The number of aliphatic carboxylic acids is 1. The Balaban J connectivity index is 1.96. The number of hydrogen-bond donors (Lipinski definition) is 2. The molecule has 0 aliphatic heterocycles. The Morgan fingerprint density at radius 3 is 2.81 bits per heavy atom. The summed E-state index contributed by atoms with van der Waals surface area (Å²) >= 11 is 5.61. The predicted octanol–water partition coefficient (Wildman–Crippen LogP) is 0.789. The van der Waals surface area contributed by atoms with Crippen LogP contribution < -0.4 is 5.32 Å². The molecule has 0 unspecified atom stereocenters. The second-order valence-corrected chi connectivity index (χ2v) is 3.87. The largest absolute Gasteiger partial charge is 0.481 e. The summed E-state index contributed by atoms with van der Waals surface area (Å²) in [7, 11) is 0. The topological polar surface area (TPSA) is 92.2 Å². The van der Waals surface area contributed by atoms with E-state index in [1.165, 1.54) is 12.3 Å². The van der Waals surface area contributed by atoms with Crippen molar-refractivity contribution >= 4 is 29.4 Å². The van der Waals surface area contributed by atoms with E-state index < -0.39 is 17.8 Å². The van der Waals surface area contributed by atoms with Crippen LogP contribution in [-0.2, 0) is 9.59 Å². The Hall–Kier alpha value is -1.69. The molecule has 1 aliphatic carbocycles. The van der Waals surface area contributed by atoms with Gasteiger partial charge in [0, 0.05) is 6.20 Å². The summed E-state index contributed by atoms with van der Waals surface area (Å²) in [6, 6.07) is 1.48. The molecule has 1 amide bonds. The molecule has 2 atom stereocenters. The second-order valence-electron chi connectivity index (χ2n) is 3.48. The van der Waals surface area contributed by atoms with Gasteiger partial charge in [-0.2, -0.15) is 0 Å². The van der Waals surface area contributed by atoms with Crippen molar-refractivity contribution in [1.82, 2.24) is 9.97 Å². The Morgan fingerprint density at radius 1 is 1.50 bits per heavy atom. The molecule has 6 nitrogen and oxygen atoms in total. The van der Waals surface area contributed by atoms with Crippen LogP contribution in [0.3, 0.4) is 0 Å². The molecule has 0 spiro atoms. The van der Waals surface area contributed by atoms with E-state index in [1.807, 2.05) is 0 Å². The van der Waals surface area contributed by atoms with Crippen molar-refractivity contribution in [3.63, 3.8) is 0 Å². The number of aromatic nitrogens is 2. The van der Waals surface area contributed by atoms with Gasteiger partial charge in [-0.1, -0.05) is 11.6 Å². The quantitative estimate of drug-likeness (QED) is 0.764. The Morgan fingerprint density at radius 2 is 2.25 bits per heavy atom. The maximum absolute atomic E-state index is 11.5. The molecule has 2 rings (SSSR count). The molecule has 7 heteroatoms. The maximum Gasteiger partial charge on any atom is 0.307 e. The average Bonchev–Trinajstić information content (AvgIpc) is 2.96. The van der Waals surface area contributed by atoms with Gasteiger partial charge in [0.05, 0.1) is 11.8 Å². The number of anilines is 1. The summed E-state index contributed by atoms with van der Waals surface area (Å²) in [5, 5.41) is 11.3. The normalized spacial score (nSPS) is 22.6. The minimum absolute atomic E-state index is 0.0912. The van der Waals surface area contributed by atoms with Crippen LogP contribution in [0.2, 0.25) is 5.15 Å². The number of hydrogen-bond acceptors (Lipinski definition) is 4. The molecule has 1 aromatic heterocycles. The molecule has 1 fully saturated rings. The summed E-state index contributed by atoms with van der Waals surface area (Å²) in [5.74, 6) is -2.31. The van der Waals surface area contributed by atoms with E-state index in [4.69, 9.17) is 16.7 Å². The third kappa shape index (κ3) is 2.27. The first-order valence-corrected chi connectivity index (χ1v) is 4.98. The highest BCUT2D eigenvalue weighted by Crippen LogP contribution is 2.39. The maximum atomic E-state index is 11.5. The SMILES string of the molecule is O=C(O)[C@H]1C[C@H]1C(=O)Nc1nccc(Cl)n1. The number of carbonyl (C=O) groups is 2. The number of nitrogens with one attached hydrogen (secondary N) is 1. The lowest BCUT2D eigenvalue weighted by Crippen LogP contribution is -2.18. The lowest BCUT2D eigenvalue weighted by molar-refractivity contribution is -0.139. The zero-order valence-electron chi connectivity index (χ0n) is 8.05. The van der Waals surface area contributed by atoms with Gasteiger partial charge in [-0.05, 0) is 12.5 Å². The summed E-state index contributed by atoms with van der Waals surface area (Å²) in [6.07, 6.45) is 1.77. The van der Waals surface area contributed by atoms with Crippen LogP contribution in [0.5, 0.6) is 0 Å². The molecule has 0 bridgehead atoms. The van der Waals surface area contributed by atoms with Gasteiger partial charge >= 0.3 is 5.97 Å². The second kappa shape index (κ2) is 4.05. The van der Waals surface area contributed by atoms with Crippen LogP contribution in [0.1, 0.15) is 6.42 Å². The highest BCUT2D eigenvalue weighted by atomic mass is 35.5. The molecule has 0 aromatic carbocycles. The van der Waals surface area contributed by atoms with E-state index in [0.29, 0.717) is 6.42 Å². The van der Waals surface area contributed by atoms with Crippen molar-refractivity contribution in [1.29, 1.82) is 0 Å². The molecule has 16 heavy (non-hydrogen) atoms. The fourth-order valence-corrected chi connectivity index (χ4v) is 1.49. The third-order valence-corrected chi connectivity index (χ3v) is 2.51. The van der Waals surface area contributed by atoms with Gasteiger partial charge in [0.15, 0.2) is 0 Å². The van der Waals surface area contributed by atoms with Gasteiger partial charge in [-0.3, -0.25) is 14.9 Å². The minimum Gasteiger partial charge on any atom is -0.481 e. The number of carboxylic acid groups (broad SMARTS) is 1. The monoisotopic (exact) mass is 241 g/mol. The van der Waals surface area contributed by atoms with Crippen molar-refractivity contribution in [3.8, 4) is 0 Å². The van der Waals surface area contributed by atoms with E-state index in [-0.39, 0.29) is 17.0 Å². The number of carbonyl (C=O) groups excluding carboxylic acids is 1. The van der Waals surface area contributed by atoms with Gasteiger partial charge in [-0.25, -0.2) is 9.97 Å². The Labute approximate surface area is 95.7 Å². The molecular formula is C9H8ClN3O3. The van der Waals surface area contributed by atoms with E-state index in [0.717, 1.165) is 0 Å². The molecular weight excluding hydrogens is 234 g/mol. The molecule has 1 aromatic rings. The summed E-state index contributed by atoms with van der Waals surface area (Å²) in [6.45, 7) is 0. The highest BCUT2D eigenvalue weighted by molar-refractivity contribution is 6.29. The zero-order chi connectivity index (χ0) is 11.7. The number of amides is 1. The van der Waals surface area contributed by atoms with Crippen LogP contribution in [0.15, 0.2) is 12.3 Å². The average molecular weight is 242 g/mol. The highest BCUT2D eigenvalue weighted by Gasteiger charge is 2.48. The van der Waals surface area contributed by atoms with E-state index in [1.54, 1.807) is 0 Å².